The van der Waals surface area contributed by atoms with Crippen molar-refractivity contribution in [1.29, 1.82) is 0 Å². The van der Waals surface area contributed by atoms with Gasteiger partial charge < -0.3 is 14.6 Å². The van der Waals surface area contributed by atoms with Gasteiger partial charge >= 0.3 is 5.97 Å². The number of anilines is 1. The number of rotatable bonds is 7. The lowest BCUT2D eigenvalue weighted by Crippen LogP contribution is -2.29. The quantitative estimate of drug-likeness (QED) is 0.232. The molecule has 1 aliphatic heterocycles. The van der Waals surface area contributed by atoms with Crippen LogP contribution >= 0.6 is 0 Å². The van der Waals surface area contributed by atoms with Crippen LogP contribution in [-0.4, -0.2) is 41.5 Å². The van der Waals surface area contributed by atoms with Gasteiger partial charge in [-0.2, -0.15) is 0 Å². The molecule has 1 fully saturated rings. The SMILES string of the molecule is CCOC(=O)Cc1ccc(N2C(=O)C(=O)/C(=C(\O)c3ccc(OC)cc3C)C2c2ccncc2)cc1. The minimum absolute atomic E-state index is 0.0185. The van der Waals surface area contributed by atoms with Crippen LogP contribution in [0.2, 0.25) is 0 Å². The first kappa shape index (κ1) is 24.7. The maximum atomic E-state index is 13.3. The van der Waals surface area contributed by atoms with E-state index < -0.39 is 17.7 Å². The molecule has 184 valence electrons. The fraction of sp³-hybridized carbons (Fsp3) is 0.214. The summed E-state index contributed by atoms with van der Waals surface area (Å²) in [6, 6.07) is 14.4. The summed E-state index contributed by atoms with van der Waals surface area (Å²) >= 11 is 0. The number of amides is 1. The number of ketones is 1. The van der Waals surface area contributed by atoms with Gasteiger partial charge in [0.15, 0.2) is 0 Å². The van der Waals surface area contributed by atoms with Crippen molar-refractivity contribution < 1.29 is 29.0 Å². The topological polar surface area (TPSA) is 106 Å². The second kappa shape index (κ2) is 10.4. The van der Waals surface area contributed by atoms with E-state index in [0.29, 0.717) is 40.3 Å². The van der Waals surface area contributed by atoms with Crippen LogP contribution in [-0.2, 0) is 25.5 Å². The number of carbonyl (C=O) groups excluding carboxylic acids is 3. The number of esters is 1. The number of aliphatic hydroxyl groups is 1. The molecule has 1 N–H and O–H groups in total. The zero-order chi connectivity index (χ0) is 25.8. The van der Waals surface area contributed by atoms with Crippen molar-refractivity contribution >= 4 is 29.1 Å². The first-order chi connectivity index (χ1) is 17.3. The molecule has 4 rings (SSSR count). The number of benzene rings is 2. The minimum Gasteiger partial charge on any atom is -0.507 e. The van der Waals surface area contributed by atoms with Crippen LogP contribution in [0, 0.1) is 6.92 Å². The average Bonchev–Trinajstić information content (AvgIpc) is 3.15. The smallest absolute Gasteiger partial charge is 0.310 e. The number of pyridine rings is 1. The van der Waals surface area contributed by atoms with Crippen molar-refractivity contribution in [2.45, 2.75) is 26.3 Å². The third-order valence-electron chi connectivity index (χ3n) is 6.02. The van der Waals surface area contributed by atoms with Gasteiger partial charge in [0.05, 0.1) is 31.8 Å². The highest BCUT2D eigenvalue weighted by atomic mass is 16.5. The van der Waals surface area contributed by atoms with Crippen LogP contribution in [0.15, 0.2) is 72.6 Å². The second-order valence-corrected chi connectivity index (χ2v) is 8.28. The molecule has 0 aliphatic carbocycles. The number of aryl methyl sites for hydroxylation is 1. The van der Waals surface area contributed by atoms with Crippen molar-refractivity contribution in [2.75, 3.05) is 18.6 Å². The Kier molecular flexibility index (Phi) is 7.15. The first-order valence-corrected chi connectivity index (χ1v) is 11.5. The van der Waals surface area contributed by atoms with E-state index in [0.717, 1.165) is 0 Å². The molecule has 1 aliphatic rings. The van der Waals surface area contributed by atoms with Crippen molar-refractivity contribution in [3.63, 3.8) is 0 Å². The monoisotopic (exact) mass is 486 g/mol. The zero-order valence-corrected chi connectivity index (χ0v) is 20.2. The van der Waals surface area contributed by atoms with Crippen molar-refractivity contribution in [3.05, 3.63) is 94.8 Å². The van der Waals surface area contributed by atoms with Crippen LogP contribution in [0.5, 0.6) is 5.75 Å². The Labute approximate surface area is 208 Å². The van der Waals surface area contributed by atoms with Gasteiger partial charge in [-0.05, 0) is 73.0 Å². The van der Waals surface area contributed by atoms with Gasteiger partial charge in [-0.25, -0.2) is 0 Å². The van der Waals surface area contributed by atoms with Crippen LogP contribution in [0.3, 0.4) is 0 Å². The third-order valence-corrected chi connectivity index (χ3v) is 6.02. The molecule has 8 nitrogen and oxygen atoms in total. The number of aliphatic hydroxyl groups excluding tert-OH is 1. The van der Waals surface area contributed by atoms with Gasteiger partial charge in [0.25, 0.3) is 11.7 Å². The van der Waals surface area contributed by atoms with Crippen LogP contribution in [0.4, 0.5) is 5.69 Å². The molecule has 3 aromatic rings. The van der Waals surface area contributed by atoms with Gasteiger partial charge in [-0.15, -0.1) is 0 Å². The predicted octanol–water partition coefficient (Wildman–Crippen LogP) is 4.13. The fourth-order valence-corrected chi connectivity index (χ4v) is 4.29. The number of methoxy groups -OCH3 is 1. The Morgan fingerprint density at radius 2 is 1.75 bits per heavy atom. The zero-order valence-electron chi connectivity index (χ0n) is 20.2. The summed E-state index contributed by atoms with van der Waals surface area (Å²) in [6.45, 7) is 3.82. The van der Waals surface area contributed by atoms with E-state index in [4.69, 9.17) is 9.47 Å². The standard InChI is InChI=1S/C28H26N2O6/c1-4-36-23(31)16-18-5-7-20(8-6-18)30-25(19-11-13-29-14-12-19)24(27(33)28(30)34)26(32)22-10-9-21(35-3)15-17(22)2/h5-15,25,32H,4,16H2,1-3H3/b26-24-. The molecule has 0 saturated carbocycles. The summed E-state index contributed by atoms with van der Waals surface area (Å²) in [5.74, 6) is -1.56. The van der Waals surface area contributed by atoms with Crippen LogP contribution in [0.1, 0.15) is 35.2 Å². The molecular formula is C28H26N2O6. The molecule has 1 aromatic heterocycles. The second-order valence-electron chi connectivity index (χ2n) is 8.28. The van der Waals surface area contributed by atoms with E-state index in [9.17, 15) is 19.5 Å². The third kappa shape index (κ3) is 4.70. The molecule has 0 radical (unpaired) electrons. The highest BCUT2D eigenvalue weighted by Gasteiger charge is 2.47. The Morgan fingerprint density at radius 1 is 1.06 bits per heavy atom. The number of Topliss-reactive ketones (excluding diaryl/α,β-unsaturated/α-hetero) is 1. The van der Waals surface area contributed by atoms with E-state index in [1.165, 1.54) is 4.90 Å². The number of hydrogen-bond donors (Lipinski definition) is 1. The minimum atomic E-state index is -0.870. The molecule has 1 saturated heterocycles. The maximum absolute atomic E-state index is 13.3. The Morgan fingerprint density at radius 3 is 2.36 bits per heavy atom. The molecule has 8 heteroatoms. The summed E-state index contributed by atoms with van der Waals surface area (Å²) < 4.78 is 10.2. The van der Waals surface area contributed by atoms with E-state index >= 15 is 0 Å². The largest absolute Gasteiger partial charge is 0.507 e. The number of aromatic nitrogens is 1. The molecule has 1 atom stereocenters. The van der Waals surface area contributed by atoms with Gasteiger partial charge in [0, 0.05) is 23.6 Å². The normalized spacial score (nSPS) is 16.8. The highest BCUT2D eigenvalue weighted by molar-refractivity contribution is 6.51. The molecule has 0 bridgehead atoms. The number of carbonyl (C=O) groups is 3. The predicted molar refractivity (Wildman–Crippen MR) is 134 cm³/mol. The Hall–Kier alpha value is -4.46. The summed E-state index contributed by atoms with van der Waals surface area (Å²) in [7, 11) is 1.54. The van der Waals surface area contributed by atoms with Gasteiger partial charge in [-0.1, -0.05) is 12.1 Å². The summed E-state index contributed by atoms with van der Waals surface area (Å²) in [6.07, 6.45) is 3.23. The lowest BCUT2D eigenvalue weighted by molar-refractivity contribution is -0.142. The van der Waals surface area contributed by atoms with Gasteiger partial charge in [-0.3, -0.25) is 24.3 Å². The highest BCUT2D eigenvalue weighted by Crippen LogP contribution is 2.42. The molecule has 2 aromatic carbocycles. The number of ether oxygens (including phenoxy) is 2. The lowest BCUT2D eigenvalue weighted by atomic mass is 9.94. The Bertz CT molecular complexity index is 1330. The fourth-order valence-electron chi connectivity index (χ4n) is 4.29. The molecule has 1 unspecified atom stereocenters. The summed E-state index contributed by atoms with van der Waals surface area (Å²) in [5.41, 5.74) is 2.88. The summed E-state index contributed by atoms with van der Waals surface area (Å²) in [4.78, 5) is 43.8. The van der Waals surface area contributed by atoms with Crippen LogP contribution in [0.25, 0.3) is 5.76 Å². The molecule has 1 amide bonds. The van der Waals surface area contributed by atoms with Gasteiger partial charge in [0.1, 0.15) is 11.5 Å². The van der Waals surface area contributed by atoms with Crippen molar-refractivity contribution in [1.82, 2.24) is 4.98 Å². The summed E-state index contributed by atoms with van der Waals surface area (Å²) in [5, 5.41) is 11.3. The van der Waals surface area contributed by atoms with E-state index in [-0.39, 0.29) is 23.7 Å². The van der Waals surface area contributed by atoms with Crippen molar-refractivity contribution in [3.8, 4) is 5.75 Å². The number of nitrogens with zero attached hydrogens (tertiary/aromatic N) is 2. The van der Waals surface area contributed by atoms with Crippen molar-refractivity contribution in [2.24, 2.45) is 0 Å². The molecule has 36 heavy (non-hydrogen) atoms. The Balaban J connectivity index is 1.81. The maximum Gasteiger partial charge on any atom is 0.310 e. The van der Waals surface area contributed by atoms with E-state index in [2.05, 4.69) is 4.98 Å². The molecule has 0 spiro atoms. The van der Waals surface area contributed by atoms with Crippen LogP contribution < -0.4 is 9.64 Å². The van der Waals surface area contributed by atoms with E-state index in [1.807, 2.05) is 0 Å². The number of hydrogen-bond acceptors (Lipinski definition) is 7. The molecule has 2 heterocycles. The first-order valence-electron chi connectivity index (χ1n) is 11.5. The average molecular weight is 487 g/mol. The van der Waals surface area contributed by atoms with E-state index in [1.54, 1.807) is 87.9 Å². The molecular weight excluding hydrogens is 460 g/mol. The van der Waals surface area contributed by atoms with Gasteiger partial charge in [0.2, 0.25) is 0 Å². The lowest BCUT2D eigenvalue weighted by Gasteiger charge is -2.25.